The van der Waals surface area contributed by atoms with Gasteiger partial charge in [0.05, 0.1) is 11.2 Å². The van der Waals surface area contributed by atoms with Crippen LogP contribution in [0.5, 0.6) is 0 Å². The van der Waals surface area contributed by atoms with Crippen molar-refractivity contribution < 1.29 is 14.4 Å². The molecule has 0 fully saturated rings. The second kappa shape index (κ2) is 6.78. The van der Waals surface area contributed by atoms with Crippen molar-refractivity contribution >= 4 is 5.91 Å². The zero-order chi connectivity index (χ0) is 18.1. The van der Waals surface area contributed by atoms with E-state index in [0.29, 0.717) is 23.7 Å². The van der Waals surface area contributed by atoms with Gasteiger partial charge in [-0.05, 0) is 47.9 Å². The number of amides is 1. The molecule has 2 rings (SSSR count). The second-order valence-electron chi connectivity index (χ2n) is 6.83. The van der Waals surface area contributed by atoms with Crippen molar-refractivity contribution in [2.45, 2.75) is 33.3 Å². The summed E-state index contributed by atoms with van der Waals surface area (Å²) in [6.07, 6.45) is 0. The highest BCUT2D eigenvalue weighted by Gasteiger charge is 2.24. The fourth-order valence-corrected chi connectivity index (χ4v) is 2.91. The van der Waals surface area contributed by atoms with Gasteiger partial charge < -0.3 is 19.8 Å². The van der Waals surface area contributed by atoms with Gasteiger partial charge in [-0.25, -0.2) is 0 Å². The van der Waals surface area contributed by atoms with Crippen LogP contribution in [0, 0.1) is 20.8 Å². The minimum atomic E-state index is -0.992. The Kier molecular flexibility index (Phi) is 5.15. The number of aromatic nitrogens is 2. The molecule has 0 radical (unpaired) electrons. The van der Waals surface area contributed by atoms with Gasteiger partial charge in [0.2, 0.25) is 0 Å². The fraction of sp³-hybridized carbons (Fsp3) is 0.529. The molecule has 1 unspecified atom stereocenters. The normalized spacial score (nSPS) is 14.0. The molecule has 2 aromatic heterocycles. The standard InChI is InChI=1S/C17H26N4O3/c1-11-7-14(13(3)21(11)15-8-12(2)24-19-15)16(22)18-9-17(4,23)10-20(5)6/h7-8,23H,9-10H2,1-6H3,(H,18,22). The summed E-state index contributed by atoms with van der Waals surface area (Å²) in [5, 5.41) is 17.1. The summed E-state index contributed by atoms with van der Waals surface area (Å²) >= 11 is 0. The maximum absolute atomic E-state index is 12.5. The largest absolute Gasteiger partial charge is 0.387 e. The molecule has 2 N–H and O–H groups in total. The number of aliphatic hydroxyl groups is 1. The van der Waals surface area contributed by atoms with Gasteiger partial charge in [-0.2, -0.15) is 0 Å². The number of hydrogen-bond donors (Lipinski definition) is 2. The molecule has 0 saturated heterocycles. The van der Waals surface area contributed by atoms with Crippen molar-refractivity contribution in [2.24, 2.45) is 0 Å². The molecule has 0 spiro atoms. The molecule has 0 aliphatic heterocycles. The molecule has 0 aromatic carbocycles. The van der Waals surface area contributed by atoms with E-state index in [1.807, 2.05) is 56.5 Å². The van der Waals surface area contributed by atoms with E-state index < -0.39 is 5.60 Å². The van der Waals surface area contributed by atoms with E-state index >= 15 is 0 Å². The number of nitrogens with one attached hydrogen (secondary N) is 1. The van der Waals surface area contributed by atoms with E-state index in [1.54, 1.807) is 6.92 Å². The lowest BCUT2D eigenvalue weighted by molar-refractivity contribution is 0.0326. The number of rotatable bonds is 6. The van der Waals surface area contributed by atoms with Gasteiger partial charge in [0, 0.05) is 30.5 Å². The SMILES string of the molecule is Cc1cc(-n2c(C)cc(C(=O)NCC(C)(O)CN(C)C)c2C)no1. The Balaban J connectivity index is 2.17. The predicted molar refractivity (Wildman–Crippen MR) is 91.6 cm³/mol. The molecule has 2 aromatic rings. The number of hydrogen-bond acceptors (Lipinski definition) is 5. The lowest BCUT2D eigenvalue weighted by Gasteiger charge is -2.27. The maximum atomic E-state index is 12.5. The highest BCUT2D eigenvalue weighted by molar-refractivity contribution is 5.95. The van der Waals surface area contributed by atoms with Crippen LogP contribution in [0.4, 0.5) is 0 Å². The monoisotopic (exact) mass is 334 g/mol. The van der Waals surface area contributed by atoms with E-state index in [4.69, 9.17) is 4.52 Å². The van der Waals surface area contributed by atoms with Gasteiger partial charge in [-0.15, -0.1) is 0 Å². The average molecular weight is 334 g/mol. The molecular formula is C17H26N4O3. The third kappa shape index (κ3) is 4.04. The Morgan fingerprint density at radius 1 is 1.38 bits per heavy atom. The summed E-state index contributed by atoms with van der Waals surface area (Å²) in [4.78, 5) is 14.4. The van der Waals surface area contributed by atoms with E-state index in [9.17, 15) is 9.90 Å². The van der Waals surface area contributed by atoms with Crippen LogP contribution in [-0.4, -0.2) is 58.4 Å². The number of carbonyl (C=O) groups excluding carboxylic acids is 1. The Morgan fingerprint density at radius 3 is 2.58 bits per heavy atom. The summed E-state index contributed by atoms with van der Waals surface area (Å²) in [6.45, 7) is 7.95. The summed E-state index contributed by atoms with van der Waals surface area (Å²) in [5.74, 6) is 1.15. The van der Waals surface area contributed by atoms with Gasteiger partial charge in [0.15, 0.2) is 5.82 Å². The maximum Gasteiger partial charge on any atom is 0.253 e. The smallest absolute Gasteiger partial charge is 0.253 e. The first-order valence-electron chi connectivity index (χ1n) is 7.88. The van der Waals surface area contributed by atoms with E-state index in [-0.39, 0.29) is 12.5 Å². The third-order valence-corrected chi connectivity index (χ3v) is 3.81. The molecule has 7 nitrogen and oxygen atoms in total. The van der Waals surface area contributed by atoms with Crippen molar-refractivity contribution in [3.63, 3.8) is 0 Å². The Bertz CT molecular complexity index is 728. The molecule has 24 heavy (non-hydrogen) atoms. The van der Waals surface area contributed by atoms with Crippen molar-refractivity contribution in [1.82, 2.24) is 19.9 Å². The minimum Gasteiger partial charge on any atom is -0.387 e. The molecule has 0 bridgehead atoms. The lowest BCUT2D eigenvalue weighted by atomic mass is 10.1. The molecule has 0 saturated carbocycles. The van der Waals surface area contributed by atoms with Crippen LogP contribution in [0.15, 0.2) is 16.7 Å². The average Bonchev–Trinajstić information content (AvgIpc) is 2.98. The van der Waals surface area contributed by atoms with Crippen LogP contribution in [0.3, 0.4) is 0 Å². The van der Waals surface area contributed by atoms with E-state index in [1.165, 1.54) is 0 Å². The van der Waals surface area contributed by atoms with Crippen molar-refractivity contribution in [1.29, 1.82) is 0 Å². The summed E-state index contributed by atoms with van der Waals surface area (Å²) in [5.41, 5.74) is 1.25. The molecule has 0 aliphatic rings. The first-order chi connectivity index (χ1) is 11.1. The summed E-state index contributed by atoms with van der Waals surface area (Å²) in [6, 6.07) is 3.64. The van der Waals surface area contributed by atoms with Crippen LogP contribution < -0.4 is 5.32 Å². The molecule has 2 heterocycles. The summed E-state index contributed by atoms with van der Waals surface area (Å²) in [7, 11) is 3.76. The highest BCUT2D eigenvalue weighted by atomic mass is 16.5. The van der Waals surface area contributed by atoms with Gasteiger partial charge in [0.25, 0.3) is 5.91 Å². The zero-order valence-electron chi connectivity index (χ0n) is 15.2. The van der Waals surface area contributed by atoms with Crippen molar-refractivity contribution in [2.75, 3.05) is 27.2 Å². The first-order valence-corrected chi connectivity index (χ1v) is 7.88. The second-order valence-corrected chi connectivity index (χ2v) is 6.83. The van der Waals surface area contributed by atoms with Crippen molar-refractivity contribution in [3.05, 3.63) is 34.8 Å². The number of nitrogens with zero attached hydrogens (tertiary/aromatic N) is 3. The Morgan fingerprint density at radius 2 is 2.04 bits per heavy atom. The number of aryl methyl sites for hydroxylation is 2. The van der Waals surface area contributed by atoms with Crippen LogP contribution in [0.25, 0.3) is 5.82 Å². The quantitative estimate of drug-likeness (QED) is 0.835. The zero-order valence-corrected chi connectivity index (χ0v) is 15.2. The van der Waals surface area contributed by atoms with Gasteiger partial charge in [-0.3, -0.25) is 9.36 Å². The molecule has 132 valence electrons. The topological polar surface area (TPSA) is 83.5 Å². The van der Waals surface area contributed by atoms with Gasteiger partial charge in [0.1, 0.15) is 5.76 Å². The van der Waals surface area contributed by atoms with Crippen molar-refractivity contribution in [3.8, 4) is 5.82 Å². The number of carbonyl (C=O) groups is 1. The number of likely N-dealkylation sites (N-methyl/N-ethyl adjacent to an activating group) is 1. The van der Waals surface area contributed by atoms with Gasteiger partial charge >= 0.3 is 0 Å². The van der Waals surface area contributed by atoms with Crippen LogP contribution in [0.2, 0.25) is 0 Å². The molecule has 1 atom stereocenters. The minimum absolute atomic E-state index is 0.177. The Labute approximate surface area is 142 Å². The van der Waals surface area contributed by atoms with E-state index in [2.05, 4.69) is 10.5 Å². The molecule has 1 amide bonds. The third-order valence-electron chi connectivity index (χ3n) is 3.81. The van der Waals surface area contributed by atoms with E-state index in [0.717, 1.165) is 11.4 Å². The predicted octanol–water partition coefficient (Wildman–Crippen LogP) is 1.43. The van der Waals surface area contributed by atoms with Gasteiger partial charge in [-0.1, -0.05) is 5.16 Å². The molecular weight excluding hydrogens is 308 g/mol. The van der Waals surface area contributed by atoms with Crippen LogP contribution in [-0.2, 0) is 0 Å². The molecule has 7 heteroatoms. The first kappa shape index (κ1) is 18.2. The fourth-order valence-electron chi connectivity index (χ4n) is 2.91. The van der Waals surface area contributed by atoms with Crippen LogP contribution >= 0.6 is 0 Å². The summed E-state index contributed by atoms with van der Waals surface area (Å²) < 4.78 is 7.00. The highest BCUT2D eigenvalue weighted by Crippen LogP contribution is 2.20. The lowest BCUT2D eigenvalue weighted by Crippen LogP contribution is -2.47. The Hall–Kier alpha value is -2.12. The van der Waals surface area contributed by atoms with Crippen LogP contribution in [0.1, 0.15) is 34.4 Å². The molecule has 0 aliphatic carbocycles.